The van der Waals surface area contributed by atoms with Crippen molar-refractivity contribution in [2.75, 3.05) is 20.3 Å². The van der Waals surface area contributed by atoms with E-state index in [1.165, 1.54) is 15.6 Å². The first-order valence-electron chi connectivity index (χ1n) is 6.17. The van der Waals surface area contributed by atoms with Crippen LogP contribution in [0.5, 0.6) is 0 Å². The van der Waals surface area contributed by atoms with Gasteiger partial charge in [-0.2, -0.15) is 0 Å². The molecule has 2 nitrogen and oxygen atoms in total. The molecule has 0 saturated carbocycles. The molecule has 0 fully saturated rings. The molecule has 1 aromatic carbocycles. The van der Waals surface area contributed by atoms with E-state index in [4.69, 9.17) is 4.74 Å². The van der Waals surface area contributed by atoms with E-state index in [-0.39, 0.29) is 0 Å². The number of methoxy groups -OCH3 is 1. The first-order valence-corrected chi connectivity index (χ1v) is 6.96. The third kappa shape index (κ3) is 4.78. The van der Waals surface area contributed by atoms with Gasteiger partial charge < -0.3 is 10.1 Å². The number of nitrogens with one attached hydrogen (secondary N) is 1. The zero-order chi connectivity index (χ0) is 12.7. The molecule has 0 saturated heterocycles. The molecule has 1 atom stereocenters. The second-order valence-corrected chi connectivity index (χ2v) is 5.11. The van der Waals surface area contributed by atoms with Crippen molar-refractivity contribution >= 4 is 15.9 Å². The first kappa shape index (κ1) is 14.7. The Kier molecular flexibility index (Phi) is 6.78. The third-order valence-electron chi connectivity index (χ3n) is 2.88. The lowest BCUT2D eigenvalue weighted by Gasteiger charge is -2.19. The summed E-state index contributed by atoms with van der Waals surface area (Å²) < 4.78 is 6.29. The summed E-state index contributed by atoms with van der Waals surface area (Å²) in [4.78, 5) is 0. The molecule has 96 valence electrons. The molecule has 1 aromatic rings. The minimum Gasteiger partial charge on any atom is -0.385 e. The van der Waals surface area contributed by atoms with Gasteiger partial charge in [-0.15, -0.1) is 0 Å². The SMILES string of the molecule is CCNC(CCCOC)c1ccc(Br)c(C)c1. The summed E-state index contributed by atoms with van der Waals surface area (Å²) in [6, 6.07) is 7.01. The maximum atomic E-state index is 5.11. The zero-order valence-corrected chi connectivity index (χ0v) is 12.5. The van der Waals surface area contributed by atoms with Crippen LogP contribution in [0.1, 0.15) is 36.9 Å². The monoisotopic (exact) mass is 299 g/mol. The Bertz CT molecular complexity index is 341. The number of ether oxygens (including phenoxy) is 1. The predicted molar refractivity (Wildman–Crippen MR) is 76.4 cm³/mol. The van der Waals surface area contributed by atoms with Crippen LogP contribution in [0, 0.1) is 6.92 Å². The normalized spacial score (nSPS) is 12.7. The Hall–Kier alpha value is -0.380. The summed E-state index contributed by atoms with van der Waals surface area (Å²) in [6.07, 6.45) is 2.20. The fourth-order valence-corrected chi connectivity index (χ4v) is 2.20. The van der Waals surface area contributed by atoms with Crippen LogP contribution >= 0.6 is 15.9 Å². The maximum absolute atomic E-state index is 5.11. The first-order chi connectivity index (χ1) is 8.19. The summed E-state index contributed by atoms with van der Waals surface area (Å²) in [7, 11) is 1.76. The highest BCUT2D eigenvalue weighted by molar-refractivity contribution is 9.10. The zero-order valence-electron chi connectivity index (χ0n) is 10.9. The lowest BCUT2D eigenvalue weighted by Crippen LogP contribution is -2.21. The van der Waals surface area contributed by atoms with Crippen molar-refractivity contribution < 1.29 is 4.74 Å². The summed E-state index contributed by atoms with van der Waals surface area (Å²) in [5.41, 5.74) is 2.65. The number of rotatable bonds is 7. The van der Waals surface area contributed by atoms with Gasteiger partial charge in [0.1, 0.15) is 0 Å². The van der Waals surface area contributed by atoms with Gasteiger partial charge in [0.15, 0.2) is 0 Å². The van der Waals surface area contributed by atoms with Gasteiger partial charge in [-0.3, -0.25) is 0 Å². The molecule has 0 radical (unpaired) electrons. The van der Waals surface area contributed by atoms with Gasteiger partial charge in [0.25, 0.3) is 0 Å². The van der Waals surface area contributed by atoms with E-state index in [0.717, 1.165) is 26.0 Å². The van der Waals surface area contributed by atoms with Crippen molar-refractivity contribution in [1.29, 1.82) is 0 Å². The molecule has 0 heterocycles. The van der Waals surface area contributed by atoms with Crippen LogP contribution in [0.3, 0.4) is 0 Å². The quantitative estimate of drug-likeness (QED) is 0.773. The molecule has 17 heavy (non-hydrogen) atoms. The van der Waals surface area contributed by atoms with E-state index in [9.17, 15) is 0 Å². The van der Waals surface area contributed by atoms with Crippen molar-refractivity contribution in [3.8, 4) is 0 Å². The van der Waals surface area contributed by atoms with E-state index in [2.05, 4.69) is 53.3 Å². The molecule has 1 rings (SSSR count). The van der Waals surface area contributed by atoms with E-state index >= 15 is 0 Å². The maximum Gasteiger partial charge on any atom is 0.0462 e. The number of benzene rings is 1. The van der Waals surface area contributed by atoms with Crippen LogP contribution in [0.4, 0.5) is 0 Å². The van der Waals surface area contributed by atoms with Crippen molar-refractivity contribution in [3.63, 3.8) is 0 Å². The number of hydrogen-bond donors (Lipinski definition) is 1. The third-order valence-corrected chi connectivity index (χ3v) is 3.77. The molecule has 0 aromatic heterocycles. The molecular formula is C14H22BrNO. The Balaban J connectivity index is 2.70. The van der Waals surface area contributed by atoms with Crippen LogP contribution in [0.15, 0.2) is 22.7 Å². The van der Waals surface area contributed by atoms with Crippen LogP contribution in [0.25, 0.3) is 0 Å². The van der Waals surface area contributed by atoms with Gasteiger partial charge in [0.2, 0.25) is 0 Å². The summed E-state index contributed by atoms with van der Waals surface area (Å²) >= 11 is 3.54. The number of aryl methyl sites for hydroxylation is 1. The summed E-state index contributed by atoms with van der Waals surface area (Å²) in [5.74, 6) is 0. The van der Waals surface area contributed by atoms with Crippen molar-refractivity contribution in [2.45, 2.75) is 32.7 Å². The average molecular weight is 300 g/mol. The van der Waals surface area contributed by atoms with E-state index in [0.29, 0.717) is 6.04 Å². The molecule has 0 amide bonds. The van der Waals surface area contributed by atoms with Crippen molar-refractivity contribution in [1.82, 2.24) is 5.32 Å². The highest BCUT2D eigenvalue weighted by atomic mass is 79.9. The van der Waals surface area contributed by atoms with Crippen LogP contribution < -0.4 is 5.32 Å². The lowest BCUT2D eigenvalue weighted by atomic mass is 10.0. The van der Waals surface area contributed by atoms with Crippen LogP contribution in [-0.4, -0.2) is 20.3 Å². The Morgan fingerprint density at radius 3 is 2.76 bits per heavy atom. The second kappa shape index (κ2) is 7.85. The fourth-order valence-electron chi connectivity index (χ4n) is 1.95. The highest BCUT2D eigenvalue weighted by Crippen LogP contribution is 2.24. The number of halogens is 1. The van der Waals surface area contributed by atoms with Crippen LogP contribution in [0.2, 0.25) is 0 Å². The molecule has 0 aliphatic rings. The largest absolute Gasteiger partial charge is 0.385 e. The highest BCUT2D eigenvalue weighted by Gasteiger charge is 2.10. The molecule has 1 N–H and O–H groups in total. The standard InChI is InChI=1S/C14H22BrNO/c1-4-16-14(6-5-9-17-3)12-7-8-13(15)11(2)10-12/h7-8,10,14,16H,4-6,9H2,1-3H3. The molecule has 0 aliphatic heterocycles. The van der Waals surface area contributed by atoms with Crippen molar-refractivity contribution in [3.05, 3.63) is 33.8 Å². The second-order valence-electron chi connectivity index (χ2n) is 4.25. The Labute approximate surface area is 113 Å². The molecule has 0 aliphatic carbocycles. The van der Waals surface area contributed by atoms with Gasteiger partial charge in [0.05, 0.1) is 0 Å². The molecular weight excluding hydrogens is 278 g/mol. The Morgan fingerprint density at radius 2 is 2.18 bits per heavy atom. The van der Waals surface area contributed by atoms with Gasteiger partial charge >= 0.3 is 0 Å². The lowest BCUT2D eigenvalue weighted by molar-refractivity contribution is 0.189. The van der Waals surface area contributed by atoms with E-state index in [1.54, 1.807) is 7.11 Å². The summed E-state index contributed by atoms with van der Waals surface area (Å²) in [6.45, 7) is 6.10. The fraction of sp³-hybridized carbons (Fsp3) is 0.571. The Morgan fingerprint density at radius 1 is 1.41 bits per heavy atom. The molecule has 3 heteroatoms. The van der Waals surface area contributed by atoms with Gasteiger partial charge in [0, 0.05) is 24.2 Å². The van der Waals surface area contributed by atoms with Crippen molar-refractivity contribution in [2.24, 2.45) is 0 Å². The molecule has 0 bridgehead atoms. The minimum absolute atomic E-state index is 0.432. The molecule has 0 spiro atoms. The average Bonchev–Trinajstić information content (AvgIpc) is 2.32. The van der Waals surface area contributed by atoms with E-state index < -0.39 is 0 Å². The van der Waals surface area contributed by atoms with Gasteiger partial charge in [-0.25, -0.2) is 0 Å². The molecule has 1 unspecified atom stereocenters. The van der Waals surface area contributed by atoms with Gasteiger partial charge in [-0.1, -0.05) is 35.0 Å². The topological polar surface area (TPSA) is 21.3 Å². The smallest absolute Gasteiger partial charge is 0.0462 e. The van der Waals surface area contributed by atoms with Crippen LogP contribution in [-0.2, 0) is 4.74 Å². The summed E-state index contributed by atoms with van der Waals surface area (Å²) in [5, 5.41) is 3.53. The van der Waals surface area contributed by atoms with E-state index in [1.807, 2.05) is 0 Å². The number of hydrogen-bond acceptors (Lipinski definition) is 2. The minimum atomic E-state index is 0.432. The van der Waals surface area contributed by atoms with Gasteiger partial charge in [-0.05, 0) is 43.5 Å². The predicted octanol–water partition coefficient (Wildman–Crippen LogP) is 3.83.